The van der Waals surface area contributed by atoms with Crippen molar-refractivity contribution in [2.45, 2.75) is 19.9 Å². The van der Waals surface area contributed by atoms with Gasteiger partial charge in [-0.25, -0.2) is 0 Å². The van der Waals surface area contributed by atoms with Crippen molar-refractivity contribution in [2.75, 3.05) is 37.0 Å². The number of piperazine rings is 1. The normalized spacial score (nSPS) is 17.4. The molecule has 26 heavy (non-hydrogen) atoms. The first-order valence-electron chi connectivity index (χ1n) is 8.82. The number of anilines is 2. The van der Waals surface area contributed by atoms with E-state index in [4.69, 9.17) is 0 Å². The Morgan fingerprint density at radius 3 is 2.46 bits per heavy atom. The SMILES string of the molecule is Cc1ccc(N2C[C@H](C)N(C(=O)c3cccc(N(C)C)c3)CC2=O)cc1. The fraction of sp³-hybridized carbons (Fsp3) is 0.333. The van der Waals surface area contributed by atoms with Crippen LogP contribution >= 0.6 is 0 Å². The van der Waals surface area contributed by atoms with Crippen molar-refractivity contribution in [3.8, 4) is 0 Å². The monoisotopic (exact) mass is 351 g/mol. The van der Waals surface area contributed by atoms with Gasteiger partial charge >= 0.3 is 0 Å². The minimum absolute atomic E-state index is 0.0514. The highest BCUT2D eigenvalue weighted by Gasteiger charge is 2.33. The van der Waals surface area contributed by atoms with E-state index in [0.29, 0.717) is 12.1 Å². The third-order valence-corrected chi connectivity index (χ3v) is 4.80. The van der Waals surface area contributed by atoms with Gasteiger partial charge < -0.3 is 14.7 Å². The number of rotatable bonds is 3. The molecule has 1 fully saturated rings. The highest BCUT2D eigenvalue weighted by molar-refractivity contribution is 6.02. The first-order valence-corrected chi connectivity index (χ1v) is 8.82. The van der Waals surface area contributed by atoms with Crippen molar-refractivity contribution < 1.29 is 9.59 Å². The van der Waals surface area contributed by atoms with Gasteiger partial charge in [0.15, 0.2) is 0 Å². The van der Waals surface area contributed by atoms with Gasteiger partial charge in [-0.3, -0.25) is 9.59 Å². The zero-order valence-corrected chi connectivity index (χ0v) is 15.8. The van der Waals surface area contributed by atoms with E-state index < -0.39 is 0 Å². The van der Waals surface area contributed by atoms with Crippen LogP contribution in [-0.2, 0) is 4.79 Å². The summed E-state index contributed by atoms with van der Waals surface area (Å²) in [6.45, 7) is 4.61. The molecule has 0 aromatic heterocycles. The maximum atomic E-state index is 13.0. The summed E-state index contributed by atoms with van der Waals surface area (Å²) < 4.78 is 0. The number of carbonyl (C=O) groups excluding carboxylic acids is 2. The largest absolute Gasteiger partial charge is 0.378 e. The first-order chi connectivity index (χ1) is 12.4. The van der Waals surface area contributed by atoms with Crippen molar-refractivity contribution in [1.29, 1.82) is 0 Å². The van der Waals surface area contributed by atoms with Gasteiger partial charge in [-0.1, -0.05) is 23.8 Å². The summed E-state index contributed by atoms with van der Waals surface area (Å²) in [5, 5.41) is 0. The quantitative estimate of drug-likeness (QED) is 0.854. The molecule has 136 valence electrons. The van der Waals surface area contributed by atoms with Gasteiger partial charge in [0.05, 0.1) is 0 Å². The maximum absolute atomic E-state index is 13.0. The summed E-state index contributed by atoms with van der Waals surface area (Å²) in [7, 11) is 3.88. The van der Waals surface area contributed by atoms with Crippen LogP contribution in [-0.4, -0.2) is 49.9 Å². The van der Waals surface area contributed by atoms with E-state index in [1.54, 1.807) is 15.9 Å². The molecule has 3 rings (SSSR count). The zero-order chi connectivity index (χ0) is 18.8. The van der Waals surface area contributed by atoms with E-state index in [1.807, 2.05) is 75.3 Å². The average Bonchev–Trinajstić information content (AvgIpc) is 2.63. The molecule has 1 heterocycles. The van der Waals surface area contributed by atoms with Crippen LogP contribution in [0.2, 0.25) is 0 Å². The second-order valence-corrected chi connectivity index (χ2v) is 7.07. The van der Waals surface area contributed by atoms with E-state index in [-0.39, 0.29) is 24.4 Å². The lowest BCUT2D eigenvalue weighted by molar-refractivity contribution is -0.121. The summed E-state index contributed by atoms with van der Waals surface area (Å²) in [5.41, 5.74) is 3.62. The molecule has 0 N–H and O–H groups in total. The average molecular weight is 351 g/mol. The van der Waals surface area contributed by atoms with Gasteiger partial charge in [-0.2, -0.15) is 0 Å². The molecule has 0 radical (unpaired) electrons. The number of carbonyl (C=O) groups is 2. The smallest absolute Gasteiger partial charge is 0.254 e. The molecule has 0 saturated carbocycles. The van der Waals surface area contributed by atoms with Gasteiger partial charge in [0, 0.05) is 43.6 Å². The zero-order valence-electron chi connectivity index (χ0n) is 15.8. The number of aryl methyl sites for hydroxylation is 1. The van der Waals surface area contributed by atoms with Crippen molar-refractivity contribution in [3.63, 3.8) is 0 Å². The lowest BCUT2D eigenvalue weighted by atomic mass is 10.1. The molecule has 0 aliphatic carbocycles. The van der Waals surface area contributed by atoms with Crippen molar-refractivity contribution in [1.82, 2.24) is 4.90 Å². The minimum atomic E-state index is -0.0990. The Hall–Kier alpha value is -2.82. The van der Waals surface area contributed by atoms with Gasteiger partial charge in [-0.15, -0.1) is 0 Å². The van der Waals surface area contributed by atoms with Crippen LogP contribution in [0.1, 0.15) is 22.8 Å². The van der Waals surface area contributed by atoms with E-state index in [9.17, 15) is 9.59 Å². The predicted octanol–water partition coefficient (Wildman–Crippen LogP) is 2.94. The fourth-order valence-electron chi connectivity index (χ4n) is 3.18. The van der Waals surface area contributed by atoms with Crippen LogP contribution in [0.5, 0.6) is 0 Å². The van der Waals surface area contributed by atoms with Crippen LogP contribution in [0.3, 0.4) is 0 Å². The lowest BCUT2D eigenvalue weighted by Gasteiger charge is -2.39. The standard InChI is InChI=1S/C21H25N3O2/c1-15-8-10-18(11-9-15)24-13-16(2)23(14-20(24)25)21(26)17-6-5-7-19(12-17)22(3)4/h5-12,16H,13-14H2,1-4H3/t16-/m0/s1. The number of nitrogens with zero attached hydrogens (tertiary/aromatic N) is 3. The second-order valence-electron chi connectivity index (χ2n) is 7.07. The summed E-state index contributed by atoms with van der Waals surface area (Å²) in [6, 6.07) is 15.4. The molecule has 2 aromatic rings. The molecule has 0 unspecified atom stereocenters. The molecule has 1 aliphatic heterocycles. The van der Waals surface area contributed by atoms with Crippen molar-refractivity contribution in [2.24, 2.45) is 0 Å². The van der Waals surface area contributed by atoms with Crippen LogP contribution < -0.4 is 9.80 Å². The lowest BCUT2D eigenvalue weighted by Crippen LogP contribution is -2.57. The molecule has 2 amide bonds. The summed E-state index contributed by atoms with van der Waals surface area (Å²) in [6.07, 6.45) is 0. The van der Waals surface area contributed by atoms with Gasteiger partial charge in [0.2, 0.25) is 5.91 Å². The van der Waals surface area contributed by atoms with Gasteiger partial charge in [0.1, 0.15) is 6.54 Å². The van der Waals surface area contributed by atoms with E-state index in [2.05, 4.69) is 0 Å². The number of benzene rings is 2. The third kappa shape index (κ3) is 3.57. The first kappa shape index (κ1) is 18.0. The molecule has 5 nitrogen and oxygen atoms in total. The predicted molar refractivity (Wildman–Crippen MR) is 105 cm³/mol. The number of hydrogen-bond acceptors (Lipinski definition) is 3. The highest BCUT2D eigenvalue weighted by Crippen LogP contribution is 2.23. The molecule has 2 aromatic carbocycles. The highest BCUT2D eigenvalue weighted by atomic mass is 16.2. The Kier molecular flexibility index (Phi) is 4.98. The fourth-order valence-corrected chi connectivity index (χ4v) is 3.18. The molecule has 5 heteroatoms. The van der Waals surface area contributed by atoms with E-state index >= 15 is 0 Å². The van der Waals surface area contributed by atoms with Crippen LogP contribution in [0.25, 0.3) is 0 Å². The summed E-state index contributed by atoms with van der Waals surface area (Å²) >= 11 is 0. The molecule has 1 atom stereocenters. The Morgan fingerprint density at radius 2 is 1.81 bits per heavy atom. The van der Waals surface area contributed by atoms with Gasteiger partial charge in [-0.05, 0) is 44.2 Å². The second kappa shape index (κ2) is 7.20. The van der Waals surface area contributed by atoms with Crippen LogP contribution in [0.15, 0.2) is 48.5 Å². The summed E-state index contributed by atoms with van der Waals surface area (Å²) in [5.74, 6) is -0.151. The third-order valence-electron chi connectivity index (χ3n) is 4.80. The van der Waals surface area contributed by atoms with Gasteiger partial charge in [0.25, 0.3) is 5.91 Å². The molecule has 1 saturated heterocycles. The van der Waals surface area contributed by atoms with Crippen molar-refractivity contribution in [3.05, 3.63) is 59.7 Å². The number of hydrogen-bond donors (Lipinski definition) is 0. The Balaban J connectivity index is 1.79. The van der Waals surface area contributed by atoms with Crippen LogP contribution in [0.4, 0.5) is 11.4 Å². The molecular formula is C21H25N3O2. The van der Waals surface area contributed by atoms with E-state index in [0.717, 1.165) is 16.9 Å². The Morgan fingerprint density at radius 1 is 1.12 bits per heavy atom. The Bertz CT molecular complexity index is 814. The molecule has 0 bridgehead atoms. The Labute approximate surface area is 154 Å². The van der Waals surface area contributed by atoms with Crippen molar-refractivity contribution >= 4 is 23.2 Å². The topological polar surface area (TPSA) is 43.9 Å². The molecular weight excluding hydrogens is 326 g/mol. The molecule has 1 aliphatic rings. The summed E-state index contributed by atoms with van der Waals surface area (Å²) in [4.78, 5) is 31.0. The minimum Gasteiger partial charge on any atom is -0.378 e. The van der Waals surface area contributed by atoms with E-state index in [1.165, 1.54) is 0 Å². The maximum Gasteiger partial charge on any atom is 0.254 e. The number of amides is 2. The molecule has 0 spiro atoms. The van der Waals surface area contributed by atoms with Crippen LogP contribution in [0, 0.1) is 6.92 Å².